The molecule has 0 aliphatic rings. The summed E-state index contributed by atoms with van der Waals surface area (Å²) in [7, 11) is 0. The molecule has 6 heteroatoms. The molecule has 0 N–H and O–H groups in total. The van der Waals surface area contributed by atoms with Crippen LogP contribution in [0.3, 0.4) is 0 Å². The molecule has 100 valence electrons. The van der Waals surface area contributed by atoms with Gasteiger partial charge in [-0.15, -0.1) is 0 Å². The molecule has 1 heterocycles. The van der Waals surface area contributed by atoms with Crippen LogP contribution in [-0.4, -0.2) is 28.6 Å². The predicted octanol–water partition coefficient (Wildman–Crippen LogP) is 1.73. The maximum absolute atomic E-state index is 11.6. The summed E-state index contributed by atoms with van der Waals surface area (Å²) in [6.45, 7) is 2.00. The van der Waals surface area contributed by atoms with Crippen LogP contribution in [0.25, 0.3) is 5.69 Å². The summed E-state index contributed by atoms with van der Waals surface area (Å²) >= 11 is 0. The van der Waals surface area contributed by atoms with E-state index in [1.807, 2.05) is 6.07 Å². The Morgan fingerprint density at radius 3 is 3.00 bits per heavy atom. The third kappa shape index (κ3) is 2.57. The molecule has 2 rings (SSSR count). The third-order valence-corrected chi connectivity index (χ3v) is 2.62. The van der Waals surface area contributed by atoms with Gasteiger partial charge in [-0.1, -0.05) is 0 Å². The fourth-order valence-corrected chi connectivity index (χ4v) is 1.69. The van der Waals surface area contributed by atoms with Gasteiger partial charge in [0.05, 0.1) is 29.6 Å². The van der Waals surface area contributed by atoms with Gasteiger partial charge in [0.1, 0.15) is 12.4 Å². The van der Waals surface area contributed by atoms with E-state index in [2.05, 4.69) is 5.10 Å². The molecule has 0 unspecified atom stereocenters. The van der Waals surface area contributed by atoms with Crippen LogP contribution in [0.5, 0.6) is 0 Å². The molecule has 0 saturated carbocycles. The van der Waals surface area contributed by atoms with Crippen LogP contribution in [0.2, 0.25) is 0 Å². The van der Waals surface area contributed by atoms with Gasteiger partial charge in [0.25, 0.3) is 0 Å². The fraction of sp³-hybridized carbons (Fsp3) is 0.143. The van der Waals surface area contributed by atoms with Gasteiger partial charge < -0.3 is 4.74 Å². The van der Waals surface area contributed by atoms with E-state index >= 15 is 0 Å². The Bertz CT molecular complexity index is 698. The first-order valence-electron chi connectivity index (χ1n) is 5.91. The minimum absolute atomic E-state index is 0.279. The van der Waals surface area contributed by atoms with Crippen molar-refractivity contribution in [2.24, 2.45) is 0 Å². The number of ether oxygens (including phenoxy) is 1. The zero-order valence-corrected chi connectivity index (χ0v) is 10.7. The molecule has 0 amide bonds. The monoisotopic (exact) mass is 269 g/mol. The van der Waals surface area contributed by atoms with Crippen LogP contribution in [0.15, 0.2) is 30.6 Å². The topological polar surface area (TPSA) is 85.0 Å². The molecule has 1 aromatic heterocycles. The Kier molecular flexibility index (Phi) is 3.91. The molecule has 6 nitrogen and oxygen atoms in total. The number of nitrogens with zero attached hydrogens (tertiary/aromatic N) is 3. The maximum atomic E-state index is 11.6. The zero-order chi connectivity index (χ0) is 14.5. The van der Waals surface area contributed by atoms with Gasteiger partial charge in [0.2, 0.25) is 0 Å². The lowest BCUT2D eigenvalue weighted by Gasteiger charge is -2.04. The third-order valence-electron chi connectivity index (χ3n) is 2.62. The molecule has 0 aliphatic heterocycles. The highest BCUT2D eigenvalue weighted by molar-refractivity contribution is 5.88. The molecule has 0 radical (unpaired) electrons. The van der Waals surface area contributed by atoms with Gasteiger partial charge >= 0.3 is 5.97 Å². The van der Waals surface area contributed by atoms with E-state index in [-0.39, 0.29) is 6.61 Å². The quantitative estimate of drug-likeness (QED) is 0.623. The van der Waals surface area contributed by atoms with Crippen LogP contribution < -0.4 is 0 Å². The average Bonchev–Trinajstić information content (AvgIpc) is 2.96. The minimum Gasteiger partial charge on any atom is -0.462 e. The normalized spacial score (nSPS) is 9.80. The van der Waals surface area contributed by atoms with Crippen LogP contribution in [0, 0.1) is 11.3 Å². The summed E-state index contributed by atoms with van der Waals surface area (Å²) in [5, 5.41) is 13.1. The number of aldehydes is 1. The van der Waals surface area contributed by atoms with Crippen LogP contribution in [-0.2, 0) is 4.74 Å². The van der Waals surface area contributed by atoms with E-state index in [0.717, 1.165) is 0 Å². The smallest absolute Gasteiger partial charge is 0.341 e. The van der Waals surface area contributed by atoms with Crippen LogP contribution in [0.4, 0.5) is 0 Å². The molecule has 0 aliphatic carbocycles. The Balaban J connectivity index is 2.40. The molecule has 0 atom stereocenters. The Labute approximate surface area is 115 Å². The van der Waals surface area contributed by atoms with Gasteiger partial charge in [-0.2, -0.15) is 10.4 Å². The van der Waals surface area contributed by atoms with Crippen LogP contribution in [0.1, 0.15) is 33.2 Å². The summed E-state index contributed by atoms with van der Waals surface area (Å²) in [4.78, 5) is 22.3. The molecular weight excluding hydrogens is 258 g/mol. The van der Waals surface area contributed by atoms with Crippen molar-refractivity contribution in [3.8, 4) is 11.8 Å². The SMILES string of the molecule is CCOC(=O)c1cnn(-c2ccc(C=O)cc2C#N)c1. The highest BCUT2D eigenvalue weighted by Crippen LogP contribution is 2.15. The van der Waals surface area contributed by atoms with Crippen molar-refractivity contribution in [2.45, 2.75) is 6.92 Å². The van der Waals surface area contributed by atoms with E-state index in [9.17, 15) is 9.59 Å². The first kappa shape index (κ1) is 13.5. The number of benzene rings is 1. The van der Waals surface area contributed by atoms with E-state index in [0.29, 0.717) is 28.7 Å². The van der Waals surface area contributed by atoms with Crippen molar-refractivity contribution in [1.29, 1.82) is 5.26 Å². The van der Waals surface area contributed by atoms with Crippen molar-refractivity contribution >= 4 is 12.3 Å². The van der Waals surface area contributed by atoms with Gasteiger partial charge in [-0.3, -0.25) is 4.79 Å². The molecule has 0 spiro atoms. The van der Waals surface area contributed by atoms with Crippen molar-refractivity contribution < 1.29 is 14.3 Å². The summed E-state index contributed by atoms with van der Waals surface area (Å²) in [5.41, 5.74) is 1.50. The van der Waals surface area contributed by atoms with Crippen LogP contribution >= 0.6 is 0 Å². The Morgan fingerprint density at radius 2 is 2.35 bits per heavy atom. The van der Waals surface area contributed by atoms with Crippen molar-refractivity contribution in [3.63, 3.8) is 0 Å². The van der Waals surface area contributed by atoms with Gasteiger partial charge in [0.15, 0.2) is 0 Å². The number of rotatable bonds is 4. The summed E-state index contributed by atoms with van der Waals surface area (Å²) in [6.07, 6.45) is 3.51. The second-order valence-electron chi connectivity index (χ2n) is 3.90. The molecule has 0 bridgehead atoms. The van der Waals surface area contributed by atoms with E-state index in [1.54, 1.807) is 19.1 Å². The lowest BCUT2D eigenvalue weighted by atomic mass is 10.1. The first-order valence-corrected chi connectivity index (χ1v) is 5.91. The summed E-state index contributed by atoms with van der Waals surface area (Å²) in [5.74, 6) is -0.471. The number of esters is 1. The highest BCUT2D eigenvalue weighted by atomic mass is 16.5. The van der Waals surface area contributed by atoms with Crippen molar-refractivity contribution in [3.05, 3.63) is 47.3 Å². The first-order chi connectivity index (χ1) is 9.69. The van der Waals surface area contributed by atoms with Crippen molar-refractivity contribution in [2.75, 3.05) is 6.61 Å². The van der Waals surface area contributed by atoms with Crippen molar-refractivity contribution in [1.82, 2.24) is 9.78 Å². The van der Waals surface area contributed by atoms with Gasteiger partial charge in [0, 0.05) is 11.8 Å². The Hall–Kier alpha value is -2.94. The number of carbonyl (C=O) groups is 2. The fourth-order valence-electron chi connectivity index (χ4n) is 1.69. The number of hydrogen-bond acceptors (Lipinski definition) is 5. The summed E-state index contributed by atoms with van der Waals surface area (Å²) < 4.78 is 6.27. The largest absolute Gasteiger partial charge is 0.462 e. The highest BCUT2D eigenvalue weighted by Gasteiger charge is 2.12. The molecule has 0 saturated heterocycles. The number of nitriles is 1. The van der Waals surface area contributed by atoms with Gasteiger partial charge in [-0.05, 0) is 25.1 Å². The number of hydrogen-bond donors (Lipinski definition) is 0. The average molecular weight is 269 g/mol. The molecule has 2 aromatic rings. The molecule has 1 aromatic carbocycles. The zero-order valence-electron chi connectivity index (χ0n) is 10.7. The van der Waals surface area contributed by atoms with E-state index in [1.165, 1.54) is 23.1 Å². The van der Waals surface area contributed by atoms with Gasteiger partial charge in [-0.25, -0.2) is 9.48 Å². The molecule has 20 heavy (non-hydrogen) atoms. The summed E-state index contributed by atoms with van der Waals surface area (Å²) in [6, 6.07) is 6.64. The van der Waals surface area contributed by atoms with E-state index < -0.39 is 5.97 Å². The minimum atomic E-state index is -0.471. The second kappa shape index (κ2) is 5.80. The number of carbonyl (C=O) groups excluding carboxylic acids is 2. The standard InChI is InChI=1S/C14H11N3O3/c1-2-20-14(19)12-7-16-17(8-12)13-4-3-10(9-18)5-11(13)6-15/h3-5,7-9H,2H2,1H3. The second-order valence-corrected chi connectivity index (χ2v) is 3.90. The lowest BCUT2D eigenvalue weighted by Crippen LogP contribution is -2.03. The Morgan fingerprint density at radius 1 is 1.55 bits per heavy atom. The lowest BCUT2D eigenvalue weighted by molar-refractivity contribution is 0.0526. The molecular formula is C14H11N3O3. The van der Waals surface area contributed by atoms with E-state index in [4.69, 9.17) is 10.00 Å². The number of aromatic nitrogens is 2. The predicted molar refractivity (Wildman–Crippen MR) is 69.6 cm³/mol. The maximum Gasteiger partial charge on any atom is 0.341 e. The molecule has 0 fully saturated rings.